The number of unbranched alkanes of at least 4 members (excludes halogenated alkanes) is 24. The van der Waals surface area contributed by atoms with Crippen LogP contribution in [0.4, 0.5) is 0 Å². The monoisotopic (exact) mass is 867 g/mol. The summed E-state index contributed by atoms with van der Waals surface area (Å²) in [6, 6.07) is 0. The van der Waals surface area contributed by atoms with Crippen molar-refractivity contribution in [3.8, 4) is 0 Å². The van der Waals surface area contributed by atoms with Crippen molar-refractivity contribution in [2.75, 3.05) is 39.6 Å². The minimum atomic E-state index is -0.434. The lowest BCUT2D eigenvalue weighted by molar-refractivity contribution is -0.208. The van der Waals surface area contributed by atoms with Gasteiger partial charge in [0.1, 0.15) is 0 Å². The molecule has 0 aromatic rings. The van der Waals surface area contributed by atoms with Gasteiger partial charge in [-0.15, -0.1) is 0 Å². The molecule has 0 radical (unpaired) electrons. The second kappa shape index (κ2) is 51.8. The van der Waals surface area contributed by atoms with Crippen LogP contribution in [0.15, 0.2) is 24.3 Å². The van der Waals surface area contributed by atoms with Gasteiger partial charge in [0.05, 0.1) is 13.2 Å². The summed E-state index contributed by atoms with van der Waals surface area (Å²) >= 11 is 0. The van der Waals surface area contributed by atoms with Gasteiger partial charge in [0.2, 0.25) is 0 Å². The van der Waals surface area contributed by atoms with Crippen molar-refractivity contribution in [3.05, 3.63) is 24.3 Å². The van der Waals surface area contributed by atoms with Gasteiger partial charge in [-0.1, -0.05) is 182 Å². The molecule has 0 heterocycles. The number of rotatable bonds is 52. The molecule has 7 nitrogen and oxygen atoms in total. The zero-order valence-corrected chi connectivity index (χ0v) is 41.8. The smallest absolute Gasteiger partial charge is 0.180 e. The van der Waals surface area contributed by atoms with Gasteiger partial charge in [-0.2, -0.15) is 0 Å². The lowest BCUT2D eigenvalue weighted by Gasteiger charge is -2.22. The van der Waals surface area contributed by atoms with Crippen LogP contribution in [0.3, 0.4) is 0 Å². The molecule has 0 N–H and O–H groups in total. The quantitative estimate of drug-likeness (QED) is 0.0343. The van der Waals surface area contributed by atoms with E-state index in [1.54, 1.807) is 0 Å². The number of allylic oxidation sites excluding steroid dienone is 2. The molecule has 0 aromatic heterocycles. The predicted molar refractivity (Wildman–Crippen MR) is 261 cm³/mol. The summed E-state index contributed by atoms with van der Waals surface area (Å²) in [5, 5.41) is 0. The molecule has 61 heavy (non-hydrogen) atoms. The topological polar surface area (TPSA) is 64.6 Å². The Morgan fingerprint density at radius 2 is 0.541 bits per heavy atom. The Kier molecular flexibility index (Phi) is 51.2. The summed E-state index contributed by atoms with van der Waals surface area (Å²) in [6.07, 6.45) is 47.4. The molecule has 0 aliphatic carbocycles. The van der Waals surface area contributed by atoms with E-state index in [2.05, 4.69) is 65.8 Å². The highest BCUT2D eigenvalue weighted by atomic mass is 16.8. The number of ether oxygens (including phenoxy) is 7. The van der Waals surface area contributed by atoms with Gasteiger partial charge in [0, 0.05) is 26.4 Å². The fourth-order valence-electron chi connectivity index (χ4n) is 7.19. The molecule has 7 heteroatoms. The minimum Gasteiger partial charge on any atom is -0.353 e. The molecule has 0 saturated heterocycles. The van der Waals surface area contributed by atoms with Crippen molar-refractivity contribution in [2.24, 2.45) is 0 Å². The third kappa shape index (κ3) is 45.6. The Bertz CT molecular complexity index is 770. The number of hydrogen-bond donors (Lipinski definition) is 0. The highest BCUT2D eigenvalue weighted by molar-refractivity contribution is 4.90. The standard InChI is InChI=1S/C54H106O7/c1-7-13-19-29-39-49-59-53(43-33-27-25-31-41-51(55-45-35-21-15-9-3)56-46-36-22-16-10-4)61-54(60-50-40-30-20-14-8-2)44-34-28-26-32-42-52(57-47-37-23-17-11-5)58-48-38-24-18-12-6/h33-34,43-44,51-54H,7-32,35-42,45-50H2,1-6H3. The van der Waals surface area contributed by atoms with Crippen LogP contribution in [0.5, 0.6) is 0 Å². The van der Waals surface area contributed by atoms with Crippen LogP contribution in [-0.2, 0) is 33.2 Å². The molecule has 0 spiro atoms. The van der Waals surface area contributed by atoms with E-state index in [4.69, 9.17) is 33.2 Å². The van der Waals surface area contributed by atoms with Crippen molar-refractivity contribution < 1.29 is 33.2 Å². The Morgan fingerprint density at radius 3 is 0.836 bits per heavy atom. The third-order valence-electron chi connectivity index (χ3n) is 11.2. The minimum absolute atomic E-state index is 0.0882. The van der Waals surface area contributed by atoms with Gasteiger partial charge >= 0.3 is 0 Å². The fourth-order valence-corrected chi connectivity index (χ4v) is 7.19. The first-order valence-electron chi connectivity index (χ1n) is 26.8. The Labute approximate surface area is 380 Å². The summed E-state index contributed by atoms with van der Waals surface area (Å²) in [5.74, 6) is 0. The molecular formula is C54H106O7. The summed E-state index contributed by atoms with van der Waals surface area (Å²) in [4.78, 5) is 0. The van der Waals surface area contributed by atoms with E-state index in [0.29, 0.717) is 13.2 Å². The van der Waals surface area contributed by atoms with E-state index in [0.717, 1.165) is 116 Å². The van der Waals surface area contributed by atoms with Gasteiger partial charge < -0.3 is 33.2 Å². The van der Waals surface area contributed by atoms with Crippen molar-refractivity contribution in [2.45, 2.75) is 285 Å². The molecule has 0 amide bonds. The van der Waals surface area contributed by atoms with Crippen LogP contribution in [0.1, 0.15) is 260 Å². The summed E-state index contributed by atoms with van der Waals surface area (Å²) in [6.45, 7) is 18.1. The van der Waals surface area contributed by atoms with E-state index in [1.807, 2.05) is 0 Å². The van der Waals surface area contributed by atoms with Gasteiger partial charge in [-0.25, -0.2) is 0 Å². The first-order chi connectivity index (χ1) is 30.1. The Hall–Kier alpha value is -0.800. The largest absolute Gasteiger partial charge is 0.353 e. The van der Waals surface area contributed by atoms with Crippen LogP contribution in [-0.4, -0.2) is 64.8 Å². The second-order valence-electron chi connectivity index (χ2n) is 17.5. The van der Waals surface area contributed by atoms with E-state index in [9.17, 15) is 0 Å². The first kappa shape index (κ1) is 60.2. The van der Waals surface area contributed by atoms with Crippen molar-refractivity contribution in [1.82, 2.24) is 0 Å². The van der Waals surface area contributed by atoms with Crippen LogP contribution in [0.25, 0.3) is 0 Å². The van der Waals surface area contributed by atoms with Crippen molar-refractivity contribution in [3.63, 3.8) is 0 Å². The maximum atomic E-state index is 6.59. The fraction of sp³-hybridized carbons (Fsp3) is 0.926. The zero-order chi connectivity index (χ0) is 44.4. The average Bonchev–Trinajstić information content (AvgIpc) is 3.26. The molecule has 0 bridgehead atoms. The second-order valence-corrected chi connectivity index (χ2v) is 17.5. The van der Waals surface area contributed by atoms with Crippen LogP contribution >= 0.6 is 0 Å². The van der Waals surface area contributed by atoms with E-state index >= 15 is 0 Å². The van der Waals surface area contributed by atoms with Gasteiger partial charge in [-0.3, -0.25) is 0 Å². The Morgan fingerprint density at radius 1 is 0.279 bits per heavy atom. The molecule has 0 aliphatic heterocycles. The van der Waals surface area contributed by atoms with Crippen LogP contribution in [0, 0.1) is 0 Å². The summed E-state index contributed by atoms with van der Waals surface area (Å²) in [5.41, 5.74) is 0. The third-order valence-corrected chi connectivity index (χ3v) is 11.2. The maximum Gasteiger partial charge on any atom is 0.180 e. The molecule has 0 aromatic carbocycles. The van der Waals surface area contributed by atoms with E-state index < -0.39 is 12.6 Å². The van der Waals surface area contributed by atoms with Crippen molar-refractivity contribution in [1.29, 1.82) is 0 Å². The van der Waals surface area contributed by atoms with Gasteiger partial charge in [0.15, 0.2) is 25.2 Å². The summed E-state index contributed by atoms with van der Waals surface area (Å²) in [7, 11) is 0. The van der Waals surface area contributed by atoms with Crippen LogP contribution in [0.2, 0.25) is 0 Å². The molecular weight excluding hydrogens is 761 g/mol. The summed E-state index contributed by atoms with van der Waals surface area (Å²) < 4.78 is 44.3. The molecule has 0 rings (SSSR count). The molecule has 2 atom stereocenters. The van der Waals surface area contributed by atoms with Gasteiger partial charge in [-0.05, 0) is 102 Å². The zero-order valence-electron chi connectivity index (χ0n) is 41.8. The number of hydrogen-bond acceptors (Lipinski definition) is 7. The molecule has 2 unspecified atom stereocenters. The average molecular weight is 867 g/mol. The SMILES string of the molecule is CCCCCCCOC(C=CCCCCC(OCCCCCC)OCCCCCC)OC(C=CCCCCC(OCCCCCC)OCCCCCC)OCCCCCCC. The highest BCUT2D eigenvalue weighted by Gasteiger charge is 2.15. The molecule has 364 valence electrons. The van der Waals surface area contributed by atoms with E-state index in [1.165, 1.54) is 128 Å². The maximum absolute atomic E-state index is 6.59. The first-order valence-corrected chi connectivity index (χ1v) is 26.8. The van der Waals surface area contributed by atoms with E-state index in [-0.39, 0.29) is 12.6 Å². The lowest BCUT2D eigenvalue weighted by Crippen LogP contribution is -2.25. The Balaban J connectivity index is 5.35. The lowest BCUT2D eigenvalue weighted by atomic mass is 10.1. The molecule has 0 aliphatic rings. The molecule has 0 fully saturated rings. The predicted octanol–water partition coefficient (Wildman–Crippen LogP) is 16.9. The van der Waals surface area contributed by atoms with Crippen LogP contribution < -0.4 is 0 Å². The normalized spacial score (nSPS) is 13.2. The van der Waals surface area contributed by atoms with Crippen molar-refractivity contribution >= 4 is 0 Å². The molecule has 0 saturated carbocycles. The highest BCUT2D eigenvalue weighted by Crippen LogP contribution is 2.16. The van der Waals surface area contributed by atoms with Gasteiger partial charge in [0.25, 0.3) is 0 Å².